The zero-order valence-electron chi connectivity index (χ0n) is 14.3. The molecule has 8 nitrogen and oxygen atoms in total. The largest absolute Gasteiger partial charge is 0.481 e. The highest BCUT2D eigenvalue weighted by molar-refractivity contribution is 6.06. The van der Waals surface area contributed by atoms with Crippen LogP contribution in [-0.4, -0.2) is 43.1 Å². The van der Waals surface area contributed by atoms with E-state index in [1.807, 2.05) is 0 Å². The van der Waals surface area contributed by atoms with Crippen LogP contribution in [0.3, 0.4) is 0 Å². The lowest BCUT2D eigenvalue weighted by Crippen LogP contribution is -2.20. The van der Waals surface area contributed by atoms with E-state index in [1.54, 1.807) is 13.8 Å². The molecule has 2 N–H and O–H groups in total. The molecule has 0 saturated heterocycles. The van der Waals surface area contributed by atoms with Gasteiger partial charge in [-0.2, -0.15) is 0 Å². The van der Waals surface area contributed by atoms with Crippen LogP contribution in [0.4, 0.5) is 5.69 Å². The fraction of sp³-hybridized carbons (Fsp3) is 0.412. The molecule has 134 valence electrons. The maximum absolute atomic E-state index is 12.5. The van der Waals surface area contributed by atoms with Gasteiger partial charge in [0, 0.05) is 0 Å². The third-order valence-corrected chi connectivity index (χ3v) is 4.48. The average molecular weight is 349 g/mol. The summed E-state index contributed by atoms with van der Waals surface area (Å²) in [6.45, 7) is 3.37. The molecule has 1 aromatic carbocycles. The number of carboxylic acids is 1. The Labute approximate surface area is 144 Å². The number of hydrogen-bond donors (Lipinski definition) is 2. The number of benzene rings is 1. The van der Waals surface area contributed by atoms with Crippen LogP contribution in [0.15, 0.2) is 18.2 Å². The third-order valence-electron chi connectivity index (χ3n) is 4.48. The molecule has 1 aliphatic rings. The van der Waals surface area contributed by atoms with Gasteiger partial charge in [0.1, 0.15) is 0 Å². The van der Waals surface area contributed by atoms with Crippen molar-refractivity contribution in [3.05, 3.63) is 29.3 Å². The minimum absolute atomic E-state index is 0.0498. The topological polar surface area (TPSA) is 119 Å². The number of esters is 2. The molecule has 2 atom stereocenters. The van der Waals surface area contributed by atoms with Gasteiger partial charge in [0.2, 0.25) is 5.91 Å². The zero-order valence-corrected chi connectivity index (χ0v) is 14.3. The van der Waals surface area contributed by atoms with E-state index >= 15 is 0 Å². The second-order valence-electron chi connectivity index (χ2n) is 6.35. The highest BCUT2D eigenvalue weighted by Gasteiger charge is 2.65. The lowest BCUT2D eigenvalue weighted by molar-refractivity contribution is -0.140. The van der Waals surface area contributed by atoms with Crippen molar-refractivity contribution in [3.8, 4) is 0 Å². The Morgan fingerprint density at radius 2 is 1.64 bits per heavy atom. The molecule has 2 rings (SSSR count). The first-order valence-electron chi connectivity index (χ1n) is 7.49. The van der Waals surface area contributed by atoms with Gasteiger partial charge in [0.25, 0.3) is 0 Å². The van der Waals surface area contributed by atoms with Gasteiger partial charge in [-0.05, 0) is 23.6 Å². The van der Waals surface area contributed by atoms with Crippen LogP contribution in [-0.2, 0) is 19.1 Å². The molecular weight excluding hydrogens is 330 g/mol. The van der Waals surface area contributed by atoms with Gasteiger partial charge in [-0.25, -0.2) is 9.59 Å². The standard InChI is InChI=1S/C17H19NO7/c1-17(2)11(12(17)14(20)21)13(19)18-10-7-8(15(22)24-3)5-6-9(10)16(23)25-4/h5-7,11-12H,1-4H3,(H,18,19)(H,20,21). The molecule has 0 aromatic heterocycles. The second-order valence-corrected chi connectivity index (χ2v) is 6.35. The average Bonchev–Trinajstić information content (AvgIpc) is 3.16. The number of nitrogens with one attached hydrogen (secondary N) is 1. The van der Waals surface area contributed by atoms with Crippen molar-refractivity contribution in [1.82, 2.24) is 0 Å². The second kappa shape index (κ2) is 6.54. The highest BCUT2D eigenvalue weighted by Crippen LogP contribution is 2.58. The molecule has 1 fully saturated rings. The Hall–Kier alpha value is -2.90. The predicted molar refractivity (Wildman–Crippen MR) is 86.1 cm³/mol. The number of carboxylic acid groups (broad SMARTS) is 1. The van der Waals surface area contributed by atoms with Crippen LogP contribution in [0, 0.1) is 17.3 Å². The van der Waals surface area contributed by atoms with Gasteiger partial charge < -0.3 is 19.9 Å². The molecule has 0 aliphatic heterocycles. The fourth-order valence-corrected chi connectivity index (χ4v) is 2.98. The number of aliphatic carboxylic acids is 1. The van der Waals surface area contributed by atoms with E-state index in [2.05, 4.69) is 14.8 Å². The van der Waals surface area contributed by atoms with E-state index < -0.39 is 41.1 Å². The van der Waals surface area contributed by atoms with E-state index in [4.69, 9.17) is 0 Å². The van der Waals surface area contributed by atoms with Crippen LogP contribution in [0.1, 0.15) is 34.6 Å². The Bertz CT molecular complexity index is 753. The number of ether oxygens (including phenoxy) is 2. The summed E-state index contributed by atoms with van der Waals surface area (Å²) < 4.78 is 9.28. The van der Waals surface area contributed by atoms with Crippen LogP contribution >= 0.6 is 0 Å². The van der Waals surface area contributed by atoms with E-state index in [0.717, 1.165) is 0 Å². The maximum atomic E-state index is 12.5. The normalized spacial score (nSPS) is 20.3. The highest BCUT2D eigenvalue weighted by atomic mass is 16.5. The molecule has 0 radical (unpaired) electrons. The summed E-state index contributed by atoms with van der Waals surface area (Å²) in [7, 11) is 2.39. The van der Waals surface area contributed by atoms with Gasteiger partial charge in [0.05, 0.1) is 42.9 Å². The van der Waals surface area contributed by atoms with Crippen LogP contribution in [0.2, 0.25) is 0 Å². The van der Waals surface area contributed by atoms with Gasteiger partial charge in [-0.1, -0.05) is 13.8 Å². The number of hydrogen-bond acceptors (Lipinski definition) is 6. The molecule has 1 saturated carbocycles. The monoisotopic (exact) mass is 349 g/mol. The maximum Gasteiger partial charge on any atom is 0.339 e. The van der Waals surface area contributed by atoms with Gasteiger partial charge in [-0.3, -0.25) is 9.59 Å². The Morgan fingerprint density at radius 3 is 2.12 bits per heavy atom. The summed E-state index contributed by atoms with van der Waals surface area (Å²) >= 11 is 0. The minimum Gasteiger partial charge on any atom is -0.481 e. The van der Waals surface area contributed by atoms with Crippen molar-refractivity contribution in [2.24, 2.45) is 17.3 Å². The first-order valence-corrected chi connectivity index (χ1v) is 7.49. The number of amides is 1. The molecule has 1 aliphatic carbocycles. The number of methoxy groups -OCH3 is 2. The van der Waals surface area contributed by atoms with Crippen LogP contribution in [0.5, 0.6) is 0 Å². The van der Waals surface area contributed by atoms with Crippen LogP contribution in [0.25, 0.3) is 0 Å². The van der Waals surface area contributed by atoms with Gasteiger partial charge in [0.15, 0.2) is 0 Å². The summed E-state index contributed by atoms with van der Waals surface area (Å²) in [4.78, 5) is 47.2. The number of carbonyl (C=O) groups is 4. The summed E-state index contributed by atoms with van der Waals surface area (Å²) in [5, 5.41) is 11.7. The molecule has 0 heterocycles. The number of carbonyl (C=O) groups excluding carboxylic acids is 3. The van der Waals surface area contributed by atoms with Crippen molar-refractivity contribution >= 4 is 29.5 Å². The Kier molecular flexibility index (Phi) is 4.82. The van der Waals surface area contributed by atoms with Crippen molar-refractivity contribution in [3.63, 3.8) is 0 Å². The van der Waals surface area contributed by atoms with E-state index in [9.17, 15) is 24.3 Å². The third kappa shape index (κ3) is 3.33. The Balaban J connectivity index is 2.33. The van der Waals surface area contributed by atoms with Crippen LogP contribution < -0.4 is 5.32 Å². The molecule has 2 unspecified atom stereocenters. The summed E-state index contributed by atoms with van der Waals surface area (Å²) in [5.74, 6) is -4.47. The molecule has 1 amide bonds. The minimum atomic E-state index is -1.05. The molecule has 0 spiro atoms. The molecule has 1 aromatic rings. The van der Waals surface area contributed by atoms with E-state index in [-0.39, 0.29) is 16.8 Å². The number of rotatable bonds is 5. The SMILES string of the molecule is COC(=O)c1ccc(C(=O)OC)c(NC(=O)C2C(C(=O)O)C2(C)C)c1. The summed E-state index contributed by atoms with van der Waals surface area (Å²) in [6, 6.07) is 4.00. The summed E-state index contributed by atoms with van der Waals surface area (Å²) in [5.41, 5.74) is -0.447. The molecule has 0 bridgehead atoms. The van der Waals surface area contributed by atoms with Gasteiger partial charge in [-0.15, -0.1) is 0 Å². The number of anilines is 1. The smallest absolute Gasteiger partial charge is 0.339 e. The van der Waals surface area contributed by atoms with Crippen molar-refractivity contribution in [2.45, 2.75) is 13.8 Å². The predicted octanol–water partition coefficient (Wildman–Crippen LogP) is 1.56. The molecule has 8 heteroatoms. The molecular formula is C17H19NO7. The van der Waals surface area contributed by atoms with Crippen molar-refractivity contribution < 1.29 is 33.8 Å². The van der Waals surface area contributed by atoms with Crippen molar-refractivity contribution in [1.29, 1.82) is 0 Å². The van der Waals surface area contributed by atoms with E-state index in [0.29, 0.717) is 0 Å². The van der Waals surface area contributed by atoms with Gasteiger partial charge >= 0.3 is 17.9 Å². The zero-order chi connectivity index (χ0) is 18.9. The first kappa shape index (κ1) is 18.4. The Morgan fingerprint density at radius 1 is 1.04 bits per heavy atom. The lowest BCUT2D eigenvalue weighted by atomic mass is 10.1. The fourth-order valence-electron chi connectivity index (χ4n) is 2.98. The molecule has 25 heavy (non-hydrogen) atoms. The summed E-state index contributed by atoms with van der Waals surface area (Å²) in [6.07, 6.45) is 0. The van der Waals surface area contributed by atoms with E-state index in [1.165, 1.54) is 32.4 Å². The van der Waals surface area contributed by atoms with Crippen molar-refractivity contribution in [2.75, 3.05) is 19.5 Å². The quantitative estimate of drug-likeness (QED) is 0.774. The lowest BCUT2D eigenvalue weighted by Gasteiger charge is -2.12. The first-order chi connectivity index (χ1) is 11.6.